The summed E-state index contributed by atoms with van der Waals surface area (Å²) in [6.45, 7) is 1.82. The number of nitrogens with zero attached hydrogens (tertiary/aromatic N) is 2. The molecule has 5 nitrogen and oxygen atoms in total. The van der Waals surface area contributed by atoms with Crippen molar-refractivity contribution >= 4 is 28.2 Å². The first-order valence-corrected chi connectivity index (χ1v) is 9.74. The number of ether oxygens (including phenoxy) is 2. The third-order valence-corrected chi connectivity index (χ3v) is 5.37. The molecule has 2 aromatic carbocycles. The van der Waals surface area contributed by atoms with Gasteiger partial charge in [-0.25, -0.2) is 14.2 Å². The van der Waals surface area contributed by atoms with Crippen molar-refractivity contribution in [3.05, 3.63) is 76.7 Å². The fourth-order valence-corrected chi connectivity index (χ4v) is 3.70. The highest BCUT2D eigenvalue weighted by molar-refractivity contribution is 7.13. The second-order valence-corrected chi connectivity index (χ2v) is 7.27. The molecule has 4 aromatic rings. The number of aromatic nitrogens is 2. The molecule has 2 aromatic heterocycles. The lowest BCUT2D eigenvalue weighted by molar-refractivity contribution is 0.0467. The van der Waals surface area contributed by atoms with Crippen LogP contribution in [0.4, 0.5) is 4.39 Å². The molecule has 4 rings (SSSR count). The molecule has 0 aliphatic heterocycles. The van der Waals surface area contributed by atoms with Gasteiger partial charge in [-0.3, -0.25) is 4.98 Å². The van der Waals surface area contributed by atoms with E-state index in [0.717, 1.165) is 21.5 Å². The number of rotatable bonds is 5. The van der Waals surface area contributed by atoms with Gasteiger partial charge in [-0.05, 0) is 49.4 Å². The van der Waals surface area contributed by atoms with Gasteiger partial charge < -0.3 is 9.47 Å². The Morgan fingerprint density at radius 2 is 1.90 bits per heavy atom. The minimum absolute atomic E-state index is 0.0522. The number of hydrogen-bond donors (Lipinski definition) is 0. The minimum atomic E-state index is -0.455. The molecule has 0 bridgehead atoms. The van der Waals surface area contributed by atoms with Crippen molar-refractivity contribution in [1.82, 2.24) is 9.97 Å². The fourth-order valence-electron chi connectivity index (χ4n) is 2.89. The molecule has 146 valence electrons. The number of thiazole rings is 1. The predicted molar refractivity (Wildman–Crippen MR) is 110 cm³/mol. The van der Waals surface area contributed by atoms with E-state index >= 15 is 0 Å². The zero-order valence-corrected chi connectivity index (χ0v) is 16.6. The molecule has 0 radical (unpaired) electrons. The Kier molecular flexibility index (Phi) is 5.22. The first kappa shape index (κ1) is 19.0. The van der Waals surface area contributed by atoms with Crippen LogP contribution in [-0.2, 0) is 11.3 Å². The predicted octanol–water partition coefficient (Wildman–Crippen LogP) is 5.17. The molecule has 0 saturated heterocycles. The molecule has 2 heterocycles. The van der Waals surface area contributed by atoms with Crippen LogP contribution in [-0.4, -0.2) is 23.0 Å². The first-order chi connectivity index (χ1) is 14.0. The van der Waals surface area contributed by atoms with Crippen LogP contribution >= 0.6 is 11.3 Å². The lowest BCUT2D eigenvalue weighted by atomic mass is 10.1. The SMILES string of the molecule is COc1ccc2cc(C(=O)OCc3csc(-c4ccc(F)cc4)n3)c(C)nc2c1. The summed E-state index contributed by atoms with van der Waals surface area (Å²) in [5, 5.41) is 3.40. The maximum Gasteiger partial charge on any atom is 0.340 e. The average Bonchev–Trinajstić information content (AvgIpc) is 3.20. The second kappa shape index (κ2) is 7.97. The Balaban J connectivity index is 1.48. The van der Waals surface area contributed by atoms with E-state index in [1.807, 2.05) is 23.6 Å². The van der Waals surface area contributed by atoms with E-state index < -0.39 is 5.97 Å². The molecular weight excluding hydrogens is 391 g/mol. The molecule has 7 heteroatoms. The van der Waals surface area contributed by atoms with Gasteiger partial charge in [0.05, 0.1) is 29.6 Å². The van der Waals surface area contributed by atoms with Crippen LogP contribution < -0.4 is 4.74 Å². The van der Waals surface area contributed by atoms with Gasteiger partial charge in [-0.1, -0.05) is 0 Å². The van der Waals surface area contributed by atoms with Crippen LogP contribution in [0.25, 0.3) is 21.5 Å². The maximum absolute atomic E-state index is 13.1. The number of aryl methyl sites for hydroxylation is 1. The van der Waals surface area contributed by atoms with Crippen LogP contribution in [0.3, 0.4) is 0 Å². The Hall–Kier alpha value is -3.32. The summed E-state index contributed by atoms with van der Waals surface area (Å²) in [6, 6.07) is 13.4. The molecule has 0 atom stereocenters. The van der Waals surface area contributed by atoms with Crippen molar-refractivity contribution in [1.29, 1.82) is 0 Å². The molecule has 0 amide bonds. The molecule has 0 aliphatic carbocycles. The summed E-state index contributed by atoms with van der Waals surface area (Å²) in [4.78, 5) is 21.5. The van der Waals surface area contributed by atoms with Crippen LogP contribution in [0, 0.1) is 12.7 Å². The van der Waals surface area contributed by atoms with E-state index in [1.165, 1.54) is 23.5 Å². The number of methoxy groups -OCH3 is 1. The molecule has 29 heavy (non-hydrogen) atoms. The number of pyridine rings is 1. The highest BCUT2D eigenvalue weighted by Crippen LogP contribution is 2.25. The largest absolute Gasteiger partial charge is 0.497 e. The molecule has 0 aliphatic rings. The molecule has 0 fully saturated rings. The van der Waals surface area contributed by atoms with E-state index in [4.69, 9.17) is 9.47 Å². The summed E-state index contributed by atoms with van der Waals surface area (Å²) >= 11 is 1.42. The lowest BCUT2D eigenvalue weighted by Gasteiger charge is -2.08. The summed E-state index contributed by atoms with van der Waals surface area (Å²) in [5.74, 6) is -0.0402. The topological polar surface area (TPSA) is 61.3 Å². The highest BCUT2D eigenvalue weighted by Gasteiger charge is 2.15. The number of fused-ring (bicyclic) bond motifs is 1. The summed E-state index contributed by atoms with van der Waals surface area (Å²) in [7, 11) is 1.60. The van der Waals surface area contributed by atoms with Crippen molar-refractivity contribution in [2.24, 2.45) is 0 Å². The second-order valence-electron chi connectivity index (χ2n) is 6.41. The number of carbonyl (C=O) groups excluding carboxylic acids is 1. The minimum Gasteiger partial charge on any atom is -0.497 e. The number of carbonyl (C=O) groups is 1. The van der Waals surface area contributed by atoms with Gasteiger partial charge in [-0.2, -0.15) is 0 Å². The van der Waals surface area contributed by atoms with Crippen molar-refractivity contribution in [3.8, 4) is 16.3 Å². The van der Waals surface area contributed by atoms with E-state index in [-0.39, 0.29) is 12.4 Å². The van der Waals surface area contributed by atoms with Crippen LogP contribution in [0.1, 0.15) is 21.7 Å². The number of benzene rings is 2. The lowest BCUT2D eigenvalue weighted by Crippen LogP contribution is -2.08. The van der Waals surface area contributed by atoms with Gasteiger partial charge >= 0.3 is 5.97 Å². The van der Waals surface area contributed by atoms with Crippen molar-refractivity contribution in [3.63, 3.8) is 0 Å². The third-order valence-electron chi connectivity index (χ3n) is 4.43. The smallest absolute Gasteiger partial charge is 0.340 e. The van der Waals surface area contributed by atoms with Crippen LogP contribution in [0.5, 0.6) is 5.75 Å². The van der Waals surface area contributed by atoms with Crippen molar-refractivity contribution < 1.29 is 18.7 Å². The Bertz CT molecular complexity index is 1190. The third kappa shape index (κ3) is 4.09. The van der Waals surface area contributed by atoms with Crippen molar-refractivity contribution in [2.45, 2.75) is 13.5 Å². The molecule has 0 N–H and O–H groups in total. The maximum atomic E-state index is 13.1. The molecular formula is C22H17FN2O3S. The number of esters is 1. The van der Waals surface area contributed by atoms with Gasteiger partial charge in [0.2, 0.25) is 0 Å². The summed E-state index contributed by atoms with van der Waals surface area (Å²) in [6.07, 6.45) is 0. The van der Waals surface area contributed by atoms with Gasteiger partial charge in [0.1, 0.15) is 23.2 Å². The van der Waals surface area contributed by atoms with Crippen molar-refractivity contribution in [2.75, 3.05) is 7.11 Å². The van der Waals surface area contributed by atoms with Crippen LogP contribution in [0.2, 0.25) is 0 Å². The zero-order chi connectivity index (χ0) is 20.4. The Labute approximate surface area is 170 Å². The normalized spacial score (nSPS) is 10.9. The number of hydrogen-bond acceptors (Lipinski definition) is 6. The Morgan fingerprint density at radius 1 is 1.10 bits per heavy atom. The van der Waals surface area contributed by atoms with Gasteiger partial charge in [-0.15, -0.1) is 11.3 Å². The number of halogens is 1. The summed E-state index contributed by atoms with van der Waals surface area (Å²) in [5.41, 5.74) is 3.21. The van der Waals surface area contributed by atoms with E-state index in [9.17, 15) is 9.18 Å². The van der Waals surface area contributed by atoms with Crippen LogP contribution in [0.15, 0.2) is 53.9 Å². The monoisotopic (exact) mass is 408 g/mol. The molecule has 0 unspecified atom stereocenters. The van der Waals surface area contributed by atoms with Gasteiger partial charge in [0, 0.05) is 22.4 Å². The zero-order valence-electron chi connectivity index (χ0n) is 15.8. The van der Waals surface area contributed by atoms with E-state index in [2.05, 4.69) is 9.97 Å². The van der Waals surface area contributed by atoms with Gasteiger partial charge in [0.15, 0.2) is 0 Å². The molecule has 0 saturated carbocycles. The Morgan fingerprint density at radius 3 is 2.66 bits per heavy atom. The van der Waals surface area contributed by atoms with E-state index in [1.54, 1.807) is 32.2 Å². The average molecular weight is 408 g/mol. The first-order valence-electron chi connectivity index (χ1n) is 8.86. The standard InChI is InChI=1S/C22H17FN2O3S/c1-13-19(9-15-5-8-18(27-2)10-20(15)24-13)22(26)28-11-17-12-29-21(25-17)14-3-6-16(23)7-4-14/h3-10,12H,11H2,1-2H3. The van der Waals surface area contributed by atoms with Gasteiger partial charge in [0.25, 0.3) is 0 Å². The fraction of sp³-hybridized carbons (Fsp3) is 0.136. The van der Waals surface area contributed by atoms with E-state index in [0.29, 0.717) is 22.7 Å². The quantitative estimate of drug-likeness (QED) is 0.426. The summed E-state index contributed by atoms with van der Waals surface area (Å²) < 4.78 is 23.7. The molecule has 0 spiro atoms. The highest BCUT2D eigenvalue weighted by atomic mass is 32.1.